The summed E-state index contributed by atoms with van der Waals surface area (Å²) in [5.41, 5.74) is 0.886. The van der Waals surface area contributed by atoms with Crippen molar-refractivity contribution in [2.75, 3.05) is 6.54 Å². The van der Waals surface area contributed by atoms with Crippen molar-refractivity contribution in [3.63, 3.8) is 0 Å². The molecular formula is C13H20BrN3O2. The fraction of sp³-hybridized carbons (Fsp3) is 0.615. The number of hydrogen-bond donors (Lipinski definition) is 1. The van der Waals surface area contributed by atoms with Crippen LogP contribution < -0.4 is 5.32 Å². The van der Waals surface area contributed by atoms with E-state index in [4.69, 9.17) is 0 Å². The quantitative estimate of drug-likeness (QED) is 0.585. The second kappa shape index (κ2) is 8.22. The van der Waals surface area contributed by atoms with Crippen molar-refractivity contribution in [3.05, 3.63) is 32.5 Å². The Morgan fingerprint density at radius 1 is 1.47 bits per heavy atom. The molecule has 1 rings (SSSR count). The highest BCUT2D eigenvalue weighted by atomic mass is 79.9. The summed E-state index contributed by atoms with van der Waals surface area (Å²) in [5, 5.41) is 14.2. The Kier molecular flexibility index (Phi) is 6.94. The first-order chi connectivity index (χ1) is 9.08. The van der Waals surface area contributed by atoms with E-state index in [0.717, 1.165) is 37.9 Å². The van der Waals surface area contributed by atoms with Crippen molar-refractivity contribution in [2.24, 2.45) is 0 Å². The average molecular weight is 330 g/mol. The molecule has 0 spiro atoms. The first-order valence-electron chi connectivity index (χ1n) is 6.60. The highest BCUT2D eigenvalue weighted by Crippen LogP contribution is 2.22. The first kappa shape index (κ1) is 16.0. The predicted octanol–water partition coefficient (Wildman–Crippen LogP) is 3.46. The zero-order valence-electron chi connectivity index (χ0n) is 11.4. The van der Waals surface area contributed by atoms with Gasteiger partial charge in [-0.2, -0.15) is 0 Å². The molecule has 1 aromatic heterocycles. The lowest BCUT2D eigenvalue weighted by atomic mass is 10.1. The van der Waals surface area contributed by atoms with Gasteiger partial charge in [0.15, 0.2) is 0 Å². The SMILES string of the molecule is CCCNC(CCC)Cc1ncc([N+](=O)[O-])cc1Br. The van der Waals surface area contributed by atoms with Gasteiger partial charge in [0.25, 0.3) is 5.69 Å². The lowest BCUT2D eigenvalue weighted by Crippen LogP contribution is -2.32. The van der Waals surface area contributed by atoms with Crippen LogP contribution in [0.3, 0.4) is 0 Å². The van der Waals surface area contributed by atoms with Crippen LogP contribution in [0, 0.1) is 10.1 Å². The fourth-order valence-electron chi connectivity index (χ4n) is 1.91. The lowest BCUT2D eigenvalue weighted by Gasteiger charge is -2.17. The Morgan fingerprint density at radius 2 is 2.21 bits per heavy atom. The molecule has 1 N–H and O–H groups in total. The van der Waals surface area contributed by atoms with E-state index in [-0.39, 0.29) is 5.69 Å². The summed E-state index contributed by atoms with van der Waals surface area (Å²) >= 11 is 3.37. The summed E-state index contributed by atoms with van der Waals surface area (Å²) in [6.07, 6.45) is 5.38. The molecule has 1 aromatic rings. The van der Waals surface area contributed by atoms with E-state index in [1.165, 1.54) is 12.3 Å². The summed E-state index contributed by atoms with van der Waals surface area (Å²) in [5.74, 6) is 0. The van der Waals surface area contributed by atoms with Gasteiger partial charge >= 0.3 is 0 Å². The summed E-state index contributed by atoms with van der Waals surface area (Å²) in [4.78, 5) is 14.4. The van der Waals surface area contributed by atoms with Crippen molar-refractivity contribution < 1.29 is 4.92 Å². The van der Waals surface area contributed by atoms with E-state index in [2.05, 4.69) is 40.1 Å². The van der Waals surface area contributed by atoms with Crippen LogP contribution in [0.25, 0.3) is 0 Å². The van der Waals surface area contributed by atoms with E-state index in [1.807, 2.05) is 0 Å². The Morgan fingerprint density at radius 3 is 2.74 bits per heavy atom. The van der Waals surface area contributed by atoms with E-state index < -0.39 is 4.92 Å². The van der Waals surface area contributed by atoms with Crippen LogP contribution in [0.15, 0.2) is 16.7 Å². The number of nitro groups is 1. The molecule has 1 heterocycles. The second-order valence-corrected chi connectivity index (χ2v) is 5.38. The number of pyridine rings is 1. The van der Waals surface area contributed by atoms with Crippen LogP contribution in [-0.4, -0.2) is 22.5 Å². The van der Waals surface area contributed by atoms with Gasteiger partial charge < -0.3 is 5.32 Å². The Balaban J connectivity index is 2.75. The maximum atomic E-state index is 10.7. The predicted molar refractivity (Wildman–Crippen MR) is 79.3 cm³/mol. The van der Waals surface area contributed by atoms with Crippen molar-refractivity contribution in [3.8, 4) is 0 Å². The molecule has 19 heavy (non-hydrogen) atoms. The lowest BCUT2D eigenvalue weighted by molar-refractivity contribution is -0.385. The maximum Gasteiger partial charge on any atom is 0.288 e. The van der Waals surface area contributed by atoms with Crippen LogP contribution >= 0.6 is 15.9 Å². The van der Waals surface area contributed by atoms with E-state index in [1.54, 1.807) is 0 Å². The van der Waals surface area contributed by atoms with Gasteiger partial charge in [-0.3, -0.25) is 15.1 Å². The number of aromatic nitrogens is 1. The zero-order chi connectivity index (χ0) is 14.3. The number of hydrogen-bond acceptors (Lipinski definition) is 4. The summed E-state index contributed by atoms with van der Waals surface area (Å²) in [7, 11) is 0. The minimum absolute atomic E-state index is 0.0178. The Labute approximate surface area is 122 Å². The van der Waals surface area contributed by atoms with Gasteiger partial charge in [0.2, 0.25) is 0 Å². The van der Waals surface area contributed by atoms with Gasteiger partial charge in [-0.25, -0.2) is 0 Å². The van der Waals surface area contributed by atoms with Crippen LogP contribution in [0.2, 0.25) is 0 Å². The smallest absolute Gasteiger partial charge is 0.288 e. The molecule has 0 aromatic carbocycles. The first-order valence-corrected chi connectivity index (χ1v) is 7.40. The van der Waals surface area contributed by atoms with Crippen molar-refractivity contribution in [1.29, 1.82) is 0 Å². The normalized spacial score (nSPS) is 12.4. The van der Waals surface area contributed by atoms with Gasteiger partial charge in [0.1, 0.15) is 6.20 Å². The van der Waals surface area contributed by atoms with Crippen molar-refractivity contribution in [2.45, 2.75) is 45.6 Å². The molecule has 0 aliphatic rings. The molecule has 0 saturated heterocycles. The minimum atomic E-state index is -0.430. The van der Waals surface area contributed by atoms with Gasteiger partial charge in [-0.1, -0.05) is 20.3 Å². The number of nitrogens with zero attached hydrogens (tertiary/aromatic N) is 2. The summed E-state index contributed by atoms with van der Waals surface area (Å²) in [6, 6.07) is 1.89. The molecule has 0 amide bonds. The third kappa shape index (κ3) is 5.24. The van der Waals surface area contributed by atoms with Gasteiger partial charge in [0.05, 0.1) is 10.6 Å². The van der Waals surface area contributed by atoms with E-state index in [9.17, 15) is 10.1 Å². The Bertz CT molecular complexity index is 426. The average Bonchev–Trinajstić information content (AvgIpc) is 2.38. The standard InChI is InChI=1S/C13H20BrN3O2/c1-3-5-10(15-6-4-2)7-13-12(14)8-11(9-16-13)17(18)19/h8-10,15H,3-7H2,1-2H3. The number of rotatable bonds is 8. The number of nitrogens with one attached hydrogen (secondary N) is 1. The fourth-order valence-corrected chi connectivity index (χ4v) is 2.41. The number of halogens is 1. The maximum absolute atomic E-state index is 10.7. The highest BCUT2D eigenvalue weighted by molar-refractivity contribution is 9.10. The van der Waals surface area contributed by atoms with Gasteiger partial charge in [0, 0.05) is 23.0 Å². The monoisotopic (exact) mass is 329 g/mol. The molecule has 0 bridgehead atoms. The van der Waals surface area contributed by atoms with Gasteiger partial charge in [-0.15, -0.1) is 0 Å². The summed E-state index contributed by atoms with van der Waals surface area (Å²) < 4.78 is 0.709. The second-order valence-electron chi connectivity index (χ2n) is 4.52. The van der Waals surface area contributed by atoms with Crippen LogP contribution in [0.4, 0.5) is 5.69 Å². The molecular weight excluding hydrogens is 310 g/mol. The zero-order valence-corrected chi connectivity index (χ0v) is 12.9. The molecule has 1 unspecified atom stereocenters. The summed E-state index contributed by atoms with van der Waals surface area (Å²) in [6.45, 7) is 5.27. The Hall–Kier alpha value is -1.01. The van der Waals surface area contributed by atoms with Crippen LogP contribution in [0.1, 0.15) is 38.8 Å². The third-order valence-corrected chi connectivity index (χ3v) is 3.56. The molecule has 5 nitrogen and oxygen atoms in total. The molecule has 0 saturated carbocycles. The molecule has 1 atom stereocenters. The molecule has 0 radical (unpaired) electrons. The van der Waals surface area contributed by atoms with Crippen molar-refractivity contribution >= 4 is 21.6 Å². The van der Waals surface area contributed by atoms with E-state index >= 15 is 0 Å². The highest BCUT2D eigenvalue weighted by Gasteiger charge is 2.14. The minimum Gasteiger partial charge on any atom is -0.314 e. The molecule has 6 heteroatoms. The van der Waals surface area contributed by atoms with Gasteiger partial charge in [-0.05, 0) is 35.3 Å². The van der Waals surface area contributed by atoms with Crippen molar-refractivity contribution in [1.82, 2.24) is 10.3 Å². The molecule has 0 aliphatic carbocycles. The topological polar surface area (TPSA) is 68.1 Å². The van der Waals surface area contributed by atoms with Crippen LogP contribution in [0.5, 0.6) is 0 Å². The largest absolute Gasteiger partial charge is 0.314 e. The molecule has 0 fully saturated rings. The molecule has 0 aliphatic heterocycles. The van der Waals surface area contributed by atoms with Crippen LogP contribution in [-0.2, 0) is 6.42 Å². The third-order valence-electron chi connectivity index (χ3n) is 2.87. The molecule has 106 valence electrons. The van der Waals surface area contributed by atoms with E-state index in [0.29, 0.717) is 10.5 Å².